The minimum Gasteiger partial charge on any atom is -0.479 e. The lowest BCUT2D eigenvalue weighted by Crippen LogP contribution is -2.28. The van der Waals surface area contributed by atoms with E-state index in [-0.39, 0.29) is 0 Å². The van der Waals surface area contributed by atoms with Gasteiger partial charge in [-0.15, -0.1) is 11.3 Å². The molecule has 7 nitrogen and oxygen atoms in total. The molecule has 0 saturated carbocycles. The summed E-state index contributed by atoms with van der Waals surface area (Å²) in [6.07, 6.45) is 1.74. The van der Waals surface area contributed by atoms with Crippen LogP contribution >= 0.6 is 22.9 Å². The molecule has 1 unspecified atom stereocenters. The number of fused-ring (bicyclic) bond motifs is 2. The Morgan fingerprint density at radius 1 is 1.07 bits per heavy atom. The van der Waals surface area contributed by atoms with Crippen LogP contribution in [0, 0.1) is 12.7 Å². The quantitative estimate of drug-likeness (QED) is 0.202. The molecule has 1 N–H and O–H groups in total. The minimum absolute atomic E-state index is 0.305. The maximum atomic E-state index is 15.4. The molecular weight excluding hydrogens is 587 g/mol. The summed E-state index contributed by atoms with van der Waals surface area (Å²) >= 11 is 7.50. The van der Waals surface area contributed by atoms with Crippen molar-refractivity contribution in [2.24, 2.45) is 7.05 Å². The van der Waals surface area contributed by atoms with Crippen molar-refractivity contribution in [3.63, 3.8) is 0 Å². The summed E-state index contributed by atoms with van der Waals surface area (Å²) in [7, 11) is 1.88. The molecule has 6 rings (SSSR count). The van der Waals surface area contributed by atoms with Crippen molar-refractivity contribution in [3.8, 4) is 33.0 Å². The fraction of sp³-hybridized carbons (Fsp3) is 0.212. The molecule has 10 heteroatoms. The van der Waals surface area contributed by atoms with E-state index in [0.717, 1.165) is 26.7 Å². The van der Waals surface area contributed by atoms with Crippen molar-refractivity contribution in [1.82, 2.24) is 19.7 Å². The number of nitrogens with zero attached hydrogens (tertiary/aromatic N) is 4. The second-order valence-corrected chi connectivity index (χ2v) is 12.8. The largest absolute Gasteiger partial charge is 0.479 e. The van der Waals surface area contributed by atoms with Crippen molar-refractivity contribution in [2.75, 3.05) is 0 Å². The molecule has 0 amide bonds. The highest BCUT2D eigenvalue weighted by molar-refractivity contribution is 7.22. The first-order valence-electron chi connectivity index (χ1n) is 13.6. The number of thiazole rings is 1. The Morgan fingerprint density at radius 3 is 2.49 bits per heavy atom. The highest BCUT2D eigenvalue weighted by Crippen LogP contribution is 2.45. The molecule has 3 aromatic heterocycles. The van der Waals surface area contributed by atoms with Crippen molar-refractivity contribution in [1.29, 1.82) is 0 Å². The highest BCUT2D eigenvalue weighted by atomic mass is 35.5. The number of aromatic nitrogens is 4. The zero-order valence-corrected chi connectivity index (χ0v) is 25.7. The molecule has 0 aliphatic rings. The Morgan fingerprint density at radius 2 is 1.79 bits per heavy atom. The minimum atomic E-state index is -1.24. The molecule has 6 aromatic rings. The molecule has 0 spiro atoms. The van der Waals surface area contributed by atoms with E-state index >= 15 is 4.39 Å². The van der Waals surface area contributed by atoms with E-state index in [0.29, 0.717) is 43.5 Å². The summed E-state index contributed by atoms with van der Waals surface area (Å²) in [5.41, 5.74) is 5.26. The summed E-state index contributed by atoms with van der Waals surface area (Å²) in [5.74, 6) is -1.61. The molecule has 0 radical (unpaired) electrons. The predicted octanol–water partition coefficient (Wildman–Crippen LogP) is 8.62. The lowest BCUT2D eigenvalue weighted by Gasteiger charge is -2.28. The van der Waals surface area contributed by atoms with E-state index < -0.39 is 23.5 Å². The van der Waals surface area contributed by atoms with E-state index in [2.05, 4.69) is 10.1 Å². The number of aryl methyl sites for hydroxylation is 2. The van der Waals surface area contributed by atoms with Crippen LogP contribution in [0.3, 0.4) is 0 Å². The second kappa shape index (κ2) is 10.8. The molecule has 0 saturated heterocycles. The summed E-state index contributed by atoms with van der Waals surface area (Å²) in [6.45, 7) is 7.30. The zero-order chi connectivity index (χ0) is 30.6. The smallest absolute Gasteiger partial charge is 0.337 e. The van der Waals surface area contributed by atoms with Gasteiger partial charge in [0.15, 0.2) is 11.9 Å². The Hall–Kier alpha value is -4.18. The van der Waals surface area contributed by atoms with Gasteiger partial charge in [-0.1, -0.05) is 29.8 Å². The summed E-state index contributed by atoms with van der Waals surface area (Å²) in [6, 6.07) is 16.6. The lowest BCUT2D eigenvalue weighted by atomic mass is 9.91. The van der Waals surface area contributed by atoms with Crippen LogP contribution in [-0.2, 0) is 16.6 Å². The molecule has 3 aromatic carbocycles. The van der Waals surface area contributed by atoms with Crippen molar-refractivity contribution >= 4 is 50.0 Å². The van der Waals surface area contributed by atoms with Crippen LogP contribution in [0.4, 0.5) is 4.39 Å². The first-order valence-corrected chi connectivity index (χ1v) is 14.8. The normalized spacial score (nSPS) is 12.7. The maximum Gasteiger partial charge on any atom is 0.337 e. The number of ether oxygens (including phenoxy) is 1. The van der Waals surface area contributed by atoms with Gasteiger partial charge in [-0.3, -0.25) is 9.67 Å². The Bertz CT molecular complexity index is 2030. The third kappa shape index (κ3) is 5.51. The zero-order valence-electron chi connectivity index (χ0n) is 24.1. The summed E-state index contributed by atoms with van der Waals surface area (Å²) in [4.78, 5) is 21.8. The van der Waals surface area contributed by atoms with Gasteiger partial charge in [0.1, 0.15) is 5.01 Å². The van der Waals surface area contributed by atoms with Crippen LogP contribution in [-0.4, -0.2) is 36.4 Å². The van der Waals surface area contributed by atoms with Crippen LogP contribution < -0.4 is 0 Å². The SMILES string of the molecule is Cc1cc2nc(-c3cc(-c4ccc5c(cnn5C)c4)ncc3F)sc2c(-c2ccc(Cl)cc2)c1C(OC(C)(C)C)C(=O)O. The fourth-order valence-corrected chi connectivity index (χ4v) is 6.51. The molecule has 0 aliphatic carbocycles. The molecule has 0 aliphatic heterocycles. The van der Waals surface area contributed by atoms with Gasteiger partial charge in [0.05, 0.1) is 39.4 Å². The topological polar surface area (TPSA) is 90.1 Å². The van der Waals surface area contributed by atoms with Gasteiger partial charge < -0.3 is 9.84 Å². The number of pyridine rings is 1. The third-order valence-electron chi connectivity index (χ3n) is 7.15. The van der Waals surface area contributed by atoms with Crippen LogP contribution in [0.25, 0.3) is 54.1 Å². The van der Waals surface area contributed by atoms with Gasteiger partial charge in [-0.2, -0.15) is 5.10 Å². The van der Waals surface area contributed by atoms with Crippen LogP contribution in [0.15, 0.2) is 67.0 Å². The molecule has 43 heavy (non-hydrogen) atoms. The molecule has 0 bridgehead atoms. The summed E-state index contributed by atoms with van der Waals surface area (Å²) in [5, 5.41) is 16.6. The molecule has 0 fully saturated rings. The van der Waals surface area contributed by atoms with Crippen molar-refractivity contribution in [3.05, 3.63) is 89.0 Å². The average molecular weight is 615 g/mol. The van der Waals surface area contributed by atoms with Gasteiger partial charge in [-0.05, 0) is 75.2 Å². The number of hydrogen-bond donors (Lipinski definition) is 1. The Labute approximate surface area is 256 Å². The number of benzene rings is 3. The second-order valence-electron chi connectivity index (χ2n) is 11.4. The van der Waals surface area contributed by atoms with Crippen LogP contribution in [0.5, 0.6) is 0 Å². The van der Waals surface area contributed by atoms with E-state index in [1.165, 1.54) is 17.5 Å². The van der Waals surface area contributed by atoms with Gasteiger partial charge in [0.2, 0.25) is 0 Å². The molecule has 1 atom stereocenters. The Kier molecular flexibility index (Phi) is 7.28. The molecular formula is C33H28ClFN4O3S. The summed E-state index contributed by atoms with van der Waals surface area (Å²) < 4.78 is 24.0. The van der Waals surface area contributed by atoms with E-state index in [1.54, 1.807) is 29.1 Å². The monoisotopic (exact) mass is 614 g/mol. The fourth-order valence-electron chi connectivity index (χ4n) is 5.24. The van der Waals surface area contributed by atoms with Gasteiger partial charge in [0, 0.05) is 39.7 Å². The van der Waals surface area contributed by atoms with Crippen molar-refractivity contribution < 1.29 is 19.0 Å². The van der Waals surface area contributed by atoms with E-state index in [4.69, 9.17) is 21.3 Å². The average Bonchev–Trinajstić information content (AvgIpc) is 3.54. The molecule has 3 heterocycles. The maximum absolute atomic E-state index is 15.4. The lowest BCUT2D eigenvalue weighted by molar-refractivity contribution is -0.160. The van der Waals surface area contributed by atoms with E-state index in [9.17, 15) is 9.90 Å². The number of rotatable bonds is 6. The third-order valence-corrected chi connectivity index (χ3v) is 8.52. The number of halogens is 2. The van der Waals surface area contributed by atoms with Gasteiger partial charge in [-0.25, -0.2) is 14.2 Å². The van der Waals surface area contributed by atoms with Crippen molar-refractivity contribution in [2.45, 2.75) is 39.4 Å². The molecule has 218 valence electrons. The highest BCUT2D eigenvalue weighted by Gasteiger charge is 2.32. The first-order chi connectivity index (χ1) is 20.4. The number of carboxylic acids is 1. The first kappa shape index (κ1) is 28.9. The Balaban J connectivity index is 1.56. The van der Waals surface area contributed by atoms with E-state index in [1.807, 2.05) is 71.1 Å². The predicted molar refractivity (Wildman–Crippen MR) is 169 cm³/mol. The van der Waals surface area contributed by atoms with Crippen LogP contribution in [0.1, 0.15) is 38.0 Å². The number of aliphatic carboxylic acids is 1. The van der Waals surface area contributed by atoms with Gasteiger partial charge in [0.25, 0.3) is 0 Å². The standard InChI is InChI=1S/C33H28ClFN4O3S/c1-17-12-25-30(28(18-6-9-21(34)10-7-18)27(17)29(32(40)41)42-33(2,3)4)43-31(38-25)22-14-24(36-16-23(22)35)19-8-11-26-20(13-19)15-37-39(26)5/h6-16,29H,1-5H3,(H,40,41). The number of carbonyl (C=O) groups is 1. The number of hydrogen-bond acceptors (Lipinski definition) is 6. The van der Waals surface area contributed by atoms with Gasteiger partial charge >= 0.3 is 5.97 Å². The number of carboxylic acid groups (broad SMARTS) is 1. The van der Waals surface area contributed by atoms with Crippen LogP contribution in [0.2, 0.25) is 5.02 Å².